The van der Waals surface area contributed by atoms with Gasteiger partial charge in [0.2, 0.25) is 0 Å². The number of fused-ring (bicyclic) bond motifs is 1. The molecule has 0 aliphatic carbocycles. The number of H-pyrrole nitrogens is 2. The molecule has 2 aromatic heterocycles. The van der Waals surface area contributed by atoms with Crippen molar-refractivity contribution >= 4 is 22.5 Å². The molecular formula is C18H14N4O. The highest BCUT2D eigenvalue weighted by Crippen LogP contribution is 2.29. The minimum atomic E-state index is -0.121. The van der Waals surface area contributed by atoms with Crippen molar-refractivity contribution in [1.29, 1.82) is 0 Å². The first-order valence-electron chi connectivity index (χ1n) is 7.28. The summed E-state index contributed by atoms with van der Waals surface area (Å²) in [7, 11) is 0. The maximum Gasteiger partial charge on any atom is 0.255 e. The molecule has 5 heteroatoms. The predicted molar refractivity (Wildman–Crippen MR) is 90.3 cm³/mol. The molecule has 1 amide bonds. The Morgan fingerprint density at radius 2 is 1.91 bits per heavy atom. The minimum absolute atomic E-state index is 0.121. The van der Waals surface area contributed by atoms with E-state index in [1.165, 1.54) is 0 Å². The average Bonchev–Trinajstić information content (AvgIpc) is 3.25. The van der Waals surface area contributed by atoms with Crippen LogP contribution in [0.1, 0.15) is 10.4 Å². The van der Waals surface area contributed by atoms with Crippen molar-refractivity contribution in [3.63, 3.8) is 0 Å². The van der Waals surface area contributed by atoms with Gasteiger partial charge >= 0.3 is 0 Å². The second-order valence-electron chi connectivity index (χ2n) is 5.26. The van der Waals surface area contributed by atoms with Crippen molar-refractivity contribution in [3.8, 4) is 11.3 Å². The van der Waals surface area contributed by atoms with Gasteiger partial charge < -0.3 is 10.3 Å². The Hall–Kier alpha value is -3.34. The molecule has 0 saturated heterocycles. The van der Waals surface area contributed by atoms with Gasteiger partial charge in [0.1, 0.15) is 0 Å². The number of carbonyl (C=O) groups excluding carboxylic acids is 1. The van der Waals surface area contributed by atoms with Gasteiger partial charge in [-0.2, -0.15) is 5.10 Å². The summed E-state index contributed by atoms with van der Waals surface area (Å²) in [6.45, 7) is 0. The smallest absolute Gasteiger partial charge is 0.255 e. The molecule has 112 valence electrons. The quantitative estimate of drug-likeness (QED) is 0.538. The Morgan fingerprint density at radius 3 is 2.70 bits per heavy atom. The lowest BCUT2D eigenvalue weighted by molar-refractivity contribution is 0.102. The standard InChI is InChI=1S/C18H14N4O/c23-18(12-5-2-1-3-6-12)22-16-8-4-7-15-14(16)9-17(21-15)13-10-19-20-11-13/h1-11,21H,(H,19,20)(H,22,23). The van der Waals surface area contributed by atoms with Crippen molar-refractivity contribution in [3.05, 3.63) is 72.6 Å². The van der Waals surface area contributed by atoms with Crippen LogP contribution in [0.25, 0.3) is 22.2 Å². The first-order chi connectivity index (χ1) is 11.3. The molecule has 0 spiro atoms. The third-order valence-electron chi connectivity index (χ3n) is 3.76. The summed E-state index contributed by atoms with van der Waals surface area (Å²) in [4.78, 5) is 15.7. The third-order valence-corrected chi connectivity index (χ3v) is 3.76. The van der Waals surface area contributed by atoms with Gasteiger partial charge in [-0.05, 0) is 30.3 Å². The van der Waals surface area contributed by atoms with E-state index in [0.717, 1.165) is 27.8 Å². The molecule has 0 aliphatic heterocycles. The normalized spacial score (nSPS) is 10.8. The molecule has 0 unspecified atom stereocenters. The topological polar surface area (TPSA) is 73.6 Å². The maximum atomic E-state index is 12.4. The molecule has 2 heterocycles. The molecule has 23 heavy (non-hydrogen) atoms. The number of anilines is 1. The van der Waals surface area contributed by atoms with E-state index in [1.54, 1.807) is 18.3 Å². The van der Waals surface area contributed by atoms with E-state index < -0.39 is 0 Å². The second-order valence-corrected chi connectivity index (χ2v) is 5.26. The molecule has 4 aromatic rings. The second kappa shape index (κ2) is 5.46. The molecule has 0 fully saturated rings. The van der Waals surface area contributed by atoms with Gasteiger partial charge in [0.05, 0.1) is 11.9 Å². The van der Waals surface area contributed by atoms with Crippen LogP contribution in [0.5, 0.6) is 0 Å². The number of aromatic nitrogens is 3. The van der Waals surface area contributed by atoms with E-state index in [1.807, 2.05) is 48.7 Å². The van der Waals surface area contributed by atoms with Gasteiger partial charge in [-0.15, -0.1) is 0 Å². The summed E-state index contributed by atoms with van der Waals surface area (Å²) in [6.07, 6.45) is 3.58. The molecule has 0 radical (unpaired) electrons. The molecule has 0 aliphatic rings. The number of aromatic amines is 2. The Kier molecular flexibility index (Phi) is 3.16. The zero-order chi connectivity index (χ0) is 15.6. The van der Waals surface area contributed by atoms with E-state index in [0.29, 0.717) is 5.56 Å². The summed E-state index contributed by atoms with van der Waals surface area (Å²) < 4.78 is 0. The zero-order valence-corrected chi connectivity index (χ0v) is 12.2. The molecule has 5 nitrogen and oxygen atoms in total. The summed E-state index contributed by atoms with van der Waals surface area (Å²) in [5, 5.41) is 10.7. The number of nitrogens with one attached hydrogen (secondary N) is 3. The fourth-order valence-corrected chi connectivity index (χ4v) is 2.60. The lowest BCUT2D eigenvalue weighted by Crippen LogP contribution is -2.11. The van der Waals surface area contributed by atoms with Crippen molar-refractivity contribution < 1.29 is 4.79 Å². The van der Waals surface area contributed by atoms with E-state index in [9.17, 15) is 4.79 Å². The lowest BCUT2D eigenvalue weighted by Gasteiger charge is -2.06. The van der Waals surface area contributed by atoms with Crippen molar-refractivity contribution in [2.45, 2.75) is 0 Å². The van der Waals surface area contributed by atoms with Crippen LogP contribution in [0.3, 0.4) is 0 Å². The highest BCUT2D eigenvalue weighted by atomic mass is 16.1. The van der Waals surface area contributed by atoms with Crippen LogP contribution >= 0.6 is 0 Å². The number of carbonyl (C=O) groups is 1. The van der Waals surface area contributed by atoms with Crippen molar-refractivity contribution in [1.82, 2.24) is 15.2 Å². The van der Waals surface area contributed by atoms with Gasteiger partial charge in [0.25, 0.3) is 5.91 Å². The lowest BCUT2D eigenvalue weighted by atomic mass is 10.1. The number of hydrogen-bond donors (Lipinski definition) is 3. The molecule has 0 atom stereocenters. The molecule has 0 bridgehead atoms. The van der Waals surface area contributed by atoms with Crippen LogP contribution in [0.15, 0.2) is 67.0 Å². The van der Waals surface area contributed by atoms with Gasteiger partial charge in [0.15, 0.2) is 0 Å². The number of amides is 1. The summed E-state index contributed by atoms with van der Waals surface area (Å²) in [5.74, 6) is -0.121. The van der Waals surface area contributed by atoms with Crippen molar-refractivity contribution in [2.24, 2.45) is 0 Å². The van der Waals surface area contributed by atoms with Gasteiger partial charge in [-0.3, -0.25) is 9.89 Å². The highest BCUT2D eigenvalue weighted by molar-refractivity contribution is 6.09. The van der Waals surface area contributed by atoms with Crippen LogP contribution in [-0.2, 0) is 0 Å². The van der Waals surface area contributed by atoms with Gasteiger partial charge in [-0.25, -0.2) is 0 Å². The highest BCUT2D eigenvalue weighted by Gasteiger charge is 2.11. The number of nitrogens with zero attached hydrogens (tertiary/aromatic N) is 1. The fourth-order valence-electron chi connectivity index (χ4n) is 2.60. The number of rotatable bonds is 3. The van der Waals surface area contributed by atoms with E-state index in [4.69, 9.17) is 0 Å². The van der Waals surface area contributed by atoms with E-state index in [2.05, 4.69) is 20.5 Å². The first kappa shape index (κ1) is 13.3. The number of benzene rings is 2. The first-order valence-corrected chi connectivity index (χ1v) is 7.28. The molecule has 2 aromatic carbocycles. The fraction of sp³-hybridized carbons (Fsp3) is 0. The van der Waals surface area contributed by atoms with Crippen molar-refractivity contribution in [2.75, 3.05) is 5.32 Å². The van der Waals surface area contributed by atoms with Crippen LogP contribution in [-0.4, -0.2) is 21.1 Å². The Bertz CT molecular complexity index is 955. The van der Waals surface area contributed by atoms with E-state index in [-0.39, 0.29) is 5.91 Å². The monoisotopic (exact) mass is 302 g/mol. The predicted octanol–water partition coefficient (Wildman–Crippen LogP) is 3.81. The van der Waals surface area contributed by atoms with Gasteiger partial charge in [0, 0.05) is 33.9 Å². The summed E-state index contributed by atoms with van der Waals surface area (Å²) in [5.41, 5.74) is 4.31. The van der Waals surface area contributed by atoms with E-state index >= 15 is 0 Å². The largest absolute Gasteiger partial charge is 0.354 e. The van der Waals surface area contributed by atoms with Crippen LogP contribution in [0.4, 0.5) is 5.69 Å². The Labute approximate surface area is 132 Å². The molecule has 0 saturated carbocycles. The Balaban J connectivity index is 1.71. The summed E-state index contributed by atoms with van der Waals surface area (Å²) in [6, 6.07) is 17.0. The average molecular weight is 302 g/mol. The maximum absolute atomic E-state index is 12.4. The van der Waals surface area contributed by atoms with Gasteiger partial charge in [-0.1, -0.05) is 24.3 Å². The molecule has 4 rings (SSSR count). The SMILES string of the molecule is O=C(Nc1cccc2[nH]c(-c3cn[nH]c3)cc12)c1ccccc1. The minimum Gasteiger partial charge on any atom is -0.354 e. The summed E-state index contributed by atoms with van der Waals surface area (Å²) >= 11 is 0. The Morgan fingerprint density at radius 1 is 1.04 bits per heavy atom. The van der Waals surface area contributed by atoms with Crippen LogP contribution in [0.2, 0.25) is 0 Å². The van der Waals surface area contributed by atoms with Crippen LogP contribution in [0, 0.1) is 0 Å². The number of hydrogen-bond acceptors (Lipinski definition) is 2. The third kappa shape index (κ3) is 2.48. The van der Waals surface area contributed by atoms with Crippen LogP contribution < -0.4 is 5.32 Å². The zero-order valence-electron chi connectivity index (χ0n) is 12.2. The molecule has 3 N–H and O–H groups in total. The molecular weight excluding hydrogens is 288 g/mol.